The fourth-order valence-electron chi connectivity index (χ4n) is 6.86. The molecule has 5 rings (SSSR count). The molecule has 1 aromatic rings. The van der Waals surface area contributed by atoms with Gasteiger partial charge in [0, 0.05) is 33.3 Å². The van der Waals surface area contributed by atoms with Crippen molar-refractivity contribution in [3.8, 4) is 0 Å². The van der Waals surface area contributed by atoms with Crippen LogP contribution in [-0.4, -0.2) is 83.2 Å². The van der Waals surface area contributed by atoms with Gasteiger partial charge in [-0.2, -0.15) is 0 Å². The lowest BCUT2D eigenvalue weighted by Gasteiger charge is -2.38. The van der Waals surface area contributed by atoms with Crippen LogP contribution in [0.15, 0.2) is 42.5 Å². The molecule has 1 unspecified atom stereocenters. The first-order valence-corrected chi connectivity index (χ1v) is 13.9. The minimum Gasteiger partial charge on any atom is -0.396 e. The molecule has 1 aromatic carbocycles. The number of fused-ring (bicyclic) bond motifs is 2. The number of benzene rings is 1. The van der Waals surface area contributed by atoms with Crippen molar-refractivity contribution in [2.45, 2.75) is 56.8 Å². The molecule has 3 amide bonds. The largest absolute Gasteiger partial charge is 0.396 e. The summed E-state index contributed by atoms with van der Waals surface area (Å²) in [6.07, 6.45) is 10.1. The number of halogens is 1. The summed E-state index contributed by atoms with van der Waals surface area (Å²) in [7, 11) is 1.74. The van der Waals surface area contributed by atoms with E-state index in [-0.39, 0.29) is 30.9 Å². The Kier molecular flexibility index (Phi) is 7.18. The van der Waals surface area contributed by atoms with E-state index in [0.29, 0.717) is 43.1 Å². The van der Waals surface area contributed by atoms with Crippen molar-refractivity contribution in [2.24, 2.45) is 11.8 Å². The second kappa shape index (κ2) is 10.1. The van der Waals surface area contributed by atoms with Gasteiger partial charge >= 0.3 is 0 Å². The maximum absolute atomic E-state index is 14.5. The number of carbonyl (C=O) groups is 3. The van der Waals surface area contributed by atoms with E-state index in [9.17, 15) is 19.5 Å². The molecular formula is C29H36ClN3O5. The molecule has 4 aliphatic heterocycles. The standard InChI is InChI=1S/C29H36ClN3O5/c1-4-28-13-9-15-31(3)25(35)21(28)22-26(36)33(16-6-5-7-18-34)24-27(37)32(17-10-14-29(22,24)38-28)23-19(2)11-8-12-20(23)30/h8-14,21-22,24,34H,4-7,15-18H2,1-3H3/t21-,22+,24?,28+,29+/m1/s1. The summed E-state index contributed by atoms with van der Waals surface area (Å²) in [4.78, 5) is 47.5. The molecule has 2 saturated heterocycles. The Morgan fingerprint density at radius 1 is 1.03 bits per heavy atom. The van der Waals surface area contributed by atoms with Crippen molar-refractivity contribution >= 4 is 35.0 Å². The number of carbonyl (C=O) groups excluding carboxylic acids is 3. The lowest BCUT2D eigenvalue weighted by molar-refractivity contribution is -0.149. The molecular weight excluding hydrogens is 506 g/mol. The van der Waals surface area contributed by atoms with Gasteiger partial charge in [0.2, 0.25) is 11.8 Å². The van der Waals surface area contributed by atoms with Gasteiger partial charge in [0.05, 0.1) is 28.1 Å². The lowest BCUT2D eigenvalue weighted by atomic mass is 9.73. The first-order valence-electron chi connectivity index (χ1n) is 13.5. The SMILES string of the molecule is CC[C@]12C=CCN(C)C(=O)[C@H]1[C@H]1C(=O)N(CCCCCO)C3C(=O)N(c4c(C)cccc4Cl)CC=C[C@@]31O2. The Labute approximate surface area is 228 Å². The highest BCUT2D eigenvalue weighted by Gasteiger charge is 2.75. The molecule has 204 valence electrons. The number of anilines is 1. The minimum atomic E-state index is -1.28. The maximum Gasteiger partial charge on any atom is 0.253 e. The first kappa shape index (κ1) is 26.9. The van der Waals surface area contributed by atoms with E-state index >= 15 is 0 Å². The second-order valence-corrected chi connectivity index (χ2v) is 11.2. The highest BCUT2D eigenvalue weighted by atomic mass is 35.5. The number of likely N-dealkylation sites (tertiary alicyclic amines) is 1. The number of ether oxygens (including phenoxy) is 1. The Morgan fingerprint density at radius 2 is 1.79 bits per heavy atom. The zero-order chi connectivity index (χ0) is 27.2. The summed E-state index contributed by atoms with van der Waals surface area (Å²) in [6.45, 7) is 4.99. The molecule has 5 atom stereocenters. The second-order valence-electron chi connectivity index (χ2n) is 10.8. The number of nitrogens with zero attached hydrogens (tertiary/aromatic N) is 3. The summed E-state index contributed by atoms with van der Waals surface area (Å²) < 4.78 is 6.94. The molecule has 1 N–H and O–H groups in total. The number of hydrogen-bond donors (Lipinski definition) is 1. The number of hydrogen-bond acceptors (Lipinski definition) is 5. The summed E-state index contributed by atoms with van der Waals surface area (Å²) in [5.74, 6) is -2.20. The third kappa shape index (κ3) is 3.91. The van der Waals surface area contributed by atoms with Crippen LogP contribution >= 0.6 is 11.6 Å². The van der Waals surface area contributed by atoms with Gasteiger partial charge in [-0.1, -0.05) is 55.0 Å². The van der Waals surface area contributed by atoms with Crippen LogP contribution in [0.1, 0.15) is 38.2 Å². The fraction of sp³-hybridized carbons (Fsp3) is 0.552. The van der Waals surface area contributed by atoms with E-state index in [0.717, 1.165) is 12.0 Å². The number of likely N-dealkylation sites (N-methyl/N-ethyl adjacent to an activating group) is 1. The Bertz CT molecular complexity index is 1180. The first-order chi connectivity index (χ1) is 18.2. The molecule has 0 aliphatic carbocycles. The van der Waals surface area contributed by atoms with Crippen molar-refractivity contribution in [2.75, 3.05) is 38.2 Å². The zero-order valence-electron chi connectivity index (χ0n) is 22.2. The number of aliphatic hydroxyl groups is 1. The smallest absolute Gasteiger partial charge is 0.253 e. The van der Waals surface area contributed by atoms with Crippen LogP contribution in [-0.2, 0) is 19.1 Å². The summed E-state index contributed by atoms with van der Waals surface area (Å²) in [6, 6.07) is 4.57. The highest BCUT2D eigenvalue weighted by Crippen LogP contribution is 2.58. The van der Waals surface area contributed by atoms with Crippen molar-refractivity contribution in [3.05, 3.63) is 53.1 Å². The minimum absolute atomic E-state index is 0.0720. The summed E-state index contributed by atoms with van der Waals surface area (Å²) >= 11 is 6.60. The van der Waals surface area contributed by atoms with Crippen LogP contribution in [0.2, 0.25) is 5.02 Å². The number of amides is 3. The van der Waals surface area contributed by atoms with Gasteiger partial charge in [-0.15, -0.1) is 0 Å². The van der Waals surface area contributed by atoms with Crippen LogP contribution in [0.25, 0.3) is 0 Å². The van der Waals surface area contributed by atoms with Gasteiger partial charge < -0.3 is 24.5 Å². The van der Waals surface area contributed by atoms with Crippen LogP contribution in [0, 0.1) is 18.8 Å². The van der Waals surface area contributed by atoms with Crippen LogP contribution < -0.4 is 4.90 Å². The molecule has 4 heterocycles. The van der Waals surface area contributed by atoms with E-state index in [1.165, 1.54) is 0 Å². The summed E-state index contributed by atoms with van der Waals surface area (Å²) in [5, 5.41) is 9.71. The van der Waals surface area contributed by atoms with E-state index in [4.69, 9.17) is 16.3 Å². The maximum atomic E-state index is 14.5. The van der Waals surface area contributed by atoms with Crippen LogP contribution in [0.5, 0.6) is 0 Å². The number of para-hydroxylation sites is 1. The van der Waals surface area contributed by atoms with Crippen molar-refractivity contribution < 1.29 is 24.2 Å². The van der Waals surface area contributed by atoms with Crippen LogP contribution in [0.4, 0.5) is 5.69 Å². The van der Waals surface area contributed by atoms with Gasteiger partial charge in [-0.3, -0.25) is 14.4 Å². The topological polar surface area (TPSA) is 90.4 Å². The molecule has 0 aromatic heterocycles. The molecule has 0 bridgehead atoms. The van der Waals surface area contributed by atoms with E-state index in [1.54, 1.807) is 27.8 Å². The monoisotopic (exact) mass is 541 g/mol. The molecule has 0 saturated carbocycles. The number of aliphatic hydroxyl groups excluding tert-OH is 1. The van der Waals surface area contributed by atoms with Crippen LogP contribution in [0.3, 0.4) is 0 Å². The molecule has 38 heavy (non-hydrogen) atoms. The predicted octanol–water partition coefficient (Wildman–Crippen LogP) is 3.10. The van der Waals surface area contributed by atoms with Gasteiger partial charge in [0.1, 0.15) is 11.6 Å². The van der Waals surface area contributed by atoms with E-state index in [2.05, 4.69) is 0 Å². The molecule has 4 aliphatic rings. The third-order valence-corrected chi connectivity index (χ3v) is 8.96. The molecule has 8 nitrogen and oxygen atoms in total. The number of unbranched alkanes of at least 4 members (excludes halogenated alkanes) is 2. The highest BCUT2D eigenvalue weighted by molar-refractivity contribution is 6.34. The van der Waals surface area contributed by atoms with Gasteiger partial charge in [-0.05, 0) is 44.2 Å². The fourth-order valence-corrected chi connectivity index (χ4v) is 7.18. The number of aryl methyl sites for hydroxylation is 1. The van der Waals surface area contributed by atoms with Gasteiger partial charge in [0.25, 0.3) is 5.91 Å². The average Bonchev–Trinajstić information content (AvgIpc) is 3.19. The molecule has 1 spiro atoms. The van der Waals surface area contributed by atoms with Crippen molar-refractivity contribution in [1.29, 1.82) is 0 Å². The average molecular weight is 542 g/mol. The van der Waals surface area contributed by atoms with E-state index in [1.807, 2.05) is 50.3 Å². The van der Waals surface area contributed by atoms with Crippen molar-refractivity contribution in [1.82, 2.24) is 9.80 Å². The normalized spacial score (nSPS) is 32.4. The van der Waals surface area contributed by atoms with Gasteiger partial charge in [-0.25, -0.2) is 0 Å². The quantitative estimate of drug-likeness (QED) is 0.423. The molecule has 9 heteroatoms. The molecule has 2 fully saturated rings. The zero-order valence-corrected chi connectivity index (χ0v) is 23.0. The van der Waals surface area contributed by atoms with Gasteiger partial charge in [0.15, 0.2) is 0 Å². The Hall–Kier alpha value is -2.68. The lowest BCUT2D eigenvalue weighted by Crippen LogP contribution is -2.56. The predicted molar refractivity (Wildman–Crippen MR) is 145 cm³/mol. The van der Waals surface area contributed by atoms with E-state index < -0.39 is 29.1 Å². The summed E-state index contributed by atoms with van der Waals surface area (Å²) in [5.41, 5.74) is -0.796. The Morgan fingerprint density at radius 3 is 2.50 bits per heavy atom. The van der Waals surface area contributed by atoms with Crippen molar-refractivity contribution in [3.63, 3.8) is 0 Å². The Balaban J connectivity index is 1.65. The molecule has 0 radical (unpaired) electrons. The number of rotatable bonds is 7. The third-order valence-electron chi connectivity index (χ3n) is 8.66.